The van der Waals surface area contributed by atoms with Gasteiger partial charge in [0.2, 0.25) is 17.7 Å². The Morgan fingerprint density at radius 3 is 2.92 bits per heavy atom. The number of hydrogen-bond acceptors (Lipinski definition) is 5. The van der Waals surface area contributed by atoms with Crippen LogP contribution in [0.15, 0.2) is 6.07 Å². The van der Waals surface area contributed by atoms with Gasteiger partial charge in [-0.1, -0.05) is 0 Å². The van der Waals surface area contributed by atoms with Crippen molar-refractivity contribution in [1.82, 2.24) is 20.5 Å². The Bertz CT molecular complexity index is 719. The molecule has 0 saturated carbocycles. The van der Waals surface area contributed by atoms with Crippen molar-refractivity contribution in [2.45, 2.75) is 45.3 Å². The molecule has 3 amide bonds. The minimum absolute atomic E-state index is 0.0127. The van der Waals surface area contributed by atoms with E-state index < -0.39 is 0 Å². The Labute approximate surface area is 145 Å². The minimum atomic E-state index is -0.156. The van der Waals surface area contributed by atoms with Gasteiger partial charge in [0.1, 0.15) is 0 Å². The van der Waals surface area contributed by atoms with E-state index in [1.165, 1.54) is 7.11 Å². The van der Waals surface area contributed by atoms with Crippen molar-refractivity contribution >= 4 is 17.7 Å². The van der Waals surface area contributed by atoms with Crippen LogP contribution in [0.1, 0.15) is 47.8 Å². The minimum Gasteiger partial charge on any atom is -0.481 e. The number of fused-ring (bicyclic) bond motifs is 1. The van der Waals surface area contributed by atoms with Crippen LogP contribution < -0.4 is 15.4 Å². The lowest BCUT2D eigenvalue weighted by Gasteiger charge is -2.12. The van der Waals surface area contributed by atoms with Gasteiger partial charge in [-0.2, -0.15) is 0 Å². The molecule has 0 radical (unpaired) electrons. The summed E-state index contributed by atoms with van der Waals surface area (Å²) >= 11 is 0. The predicted molar refractivity (Wildman–Crippen MR) is 88.8 cm³/mol. The van der Waals surface area contributed by atoms with E-state index in [1.807, 2.05) is 6.92 Å². The van der Waals surface area contributed by atoms with E-state index in [0.29, 0.717) is 48.6 Å². The zero-order chi connectivity index (χ0) is 18.0. The molecule has 0 aromatic carbocycles. The topological polar surface area (TPSA) is 101 Å². The number of amides is 3. The van der Waals surface area contributed by atoms with Crippen LogP contribution in [-0.4, -0.2) is 47.3 Å². The number of pyridine rings is 1. The molecule has 0 spiro atoms. The SMILES string of the molecule is CCN1Cc2nc(OC)c(CNC(=O)CC3CCC(=O)N3)cc2C1=O. The Morgan fingerprint density at radius 2 is 2.28 bits per heavy atom. The number of ether oxygens (including phenoxy) is 1. The fourth-order valence-corrected chi connectivity index (χ4v) is 3.18. The summed E-state index contributed by atoms with van der Waals surface area (Å²) in [5.74, 6) is 0.199. The van der Waals surface area contributed by atoms with Crippen LogP contribution in [0.5, 0.6) is 5.88 Å². The fourth-order valence-electron chi connectivity index (χ4n) is 3.18. The summed E-state index contributed by atoms with van der Waals surface area (Å²) < 4.78 is 5.31. The molecule has 1 unspecified atom stereocenters. The first-order valence-corrected chi connectivity index (χ1v) is 8.44. The summed E-state index contributed by atoms with van der Waals surface area (Å²) in [6.45, 7) is 3.25. The zero-order valence-electron chi connectivity index (χ0n) is 14.4. The van der Waals surface area contributed by atoms with Crippen molar-refractivity contribution in [3.05, 3.63) is 22.9 Å². The molecule has 8 nitrogen and oxygen atoms in total. The quantitative estimate of drug-likeness (QED) is 0.774. The number of carbonyl (C=O) groups is 3. The number of hydrogen-bond donors (Lipinski definition) is 2. The lowest BCUT2D eigenvalue weighted by atomic mass is 10.1. The van der Waals surface area contributed by atoms with Gasteiger partial charge < -0.3 is 20.3 Å². The highest BCUT2D eigenvalue weighted by Crippen LogP contribution is 2.27. The largest absolute Gasteiger partial charge is 0.481 e. The van der Waals surface area contributed by atoms with E-state index in [2.05, 4.69) is 15.6 Å². The molecule has 2 N–H and O–H groups in total. The number of rotatable bonds is 6. The van der Waals surface area contributed by atoms with Crippen molar-refractivity contribution in [1.29, 1.82) is 0 Å². The average Bonchev–Trinajstić information content (AvgIpc) is 3.15. The maximum Gasteiger partial charge on any atom is 0.256 e. The van der Waals surface area contributed by atoms with Crippen LogP contribution in [0.4, 0.5) is 0 Å². The Hall–Kier alpha value is -2.64. The van der Waals surface area contributed by atoms with Crippen LogP contribution in [0, 0.1) is 0 Å². The molecular formula is C17H22N4O4. The van der Waals surface area contributed by atoms with Gasteiger partial charge in [-0.3, -0.25) is 14.4 Å². The van der Waals surface area contributed by atoms with E-state index in [0.717, 1.165) is 0 Å². The monoisotopic (exact) mass is 346 g/mol. The van der Waals surface area contributed by atoms with E-state index >= 15 is 0 Å². The first kappa shape index (κ1) is 17.2. The third-order valence-electron chi connectivity index (χ3n) is 4.57. The van der Waals surface area contributed by atoms with E-state index in [9.17, 15) is 14.4 Å². The van der Waals surface area contributed by atoms with Crippen molar-refractivity contribution in [2.24, 2.45) is 0 Å². The van der Waals surface area contributed by atoms with Crippen molar-refractivity contribution in [2.75, 3.05) is 13.7 Å². The molecule has 1 aromatic rings. The highest BCUT2D eigenvalue weighted by molar-refractivity contribution is 5.98. The molecule has 1 fully saturated rings. The lowest BCUT2D eigenvalue weighted by Crippen LogP contribution is -2.33. The Balaban J connectivity index is 1.66. The Kier molecular flexibility index (Phi) is 4.87. The average molecular weight is 346 g/mol. The maximum atomic E-state index is 12.3. The maximum absolute atomic E-state index is 12.3. The molecule has 1 saturated heterocycles. The second-order valence-corrected chi connectivity index (χ2v) is 6.25. The van der Waals surface area contributed by atoms with Crippen LogP contribution in [0.2, 0.25) is 0 Å². The number of methoxy groups -OCH3 is 1. The van der Waals surface area contributed by atoms with Crippen molar-refractivity contribution in [3.63, 3.8) is 0 Å². The summed E-state index contributed by atoms with van der Waals surface area (Å²) in [5, 5.41) is 5.58. The van der Waals surface area contributed by atoms with Gasteiger partial charge in [-0.15, -0.1) is 0 Å². The van der Waals surface area contributed by atoms with Gasteiger partial charge in [-0.05, 0) is 19.4 Å². The molecule has 2 aliphatic heterocycles. The van der Waals surface area contributed by atoms with Gasteiger partial charge in [0, 0.05) is 37.5 Å². The number of carbonyl (C=O) groups excluding carboxylic acids is 3. The summed E-state index contributed by atoms with van der Waals surface area (Å²) in [5.41, 5.74) is 1.93. The van der Waals surface area contributed by atoms with Gasteiger partial charge in [0.05, 0.1) is 24.9 Å². The first-order valence-electron chi connectivity index (χ1n) is 8.44. The van der Waals surface area contributed by atoms with E-state index in [-0.39, 0.29) is 36.7 Å². The third kappa shape index (κ3) is 3.57. The highest BCUT2D eigenvalue weighted by atomic mass is 16.5. The smallest absolute Gasteiger partial charge is 0.256 e. The molecule has 1 atom stereocenters. The molecule has 8 heteroatoms. The number of nitrogens with zero attached hydrogens (tertiary/aromatic N) is 2. The zero-order valence-corrected chi connectivity index (χ0v) is 14.4. The summed E-state index contributed by atoms with van der Waals surface area (Å²) in [6.07, 6.45) is 1.39. The molecule has 25 heavy (non-hydrogen) atoms. The van der Waals surface area contributed by atoms with Crippen molar-refractivity contribution < 1.29 is 19.1 Å². The highest BCUT2D eigenvalue weighted by Gasteiger charge is 2.29. The van der Waals surface area contributed by atoms with Gasteiger partial charge in [-0.25, -0.2) is 4.98 Å². The van der Waals surface area contributed by atoms with Crippen LogP contribution in [-0.2, 0) is 22.7 Å². The number of nitrogens with one attached hydrogen (secondary N) is 2. The molecule has 134 valence electrons. The van der Waals surface area contributed by atoms with Gasteiger partial charge >= 0.3 is 0 Å². The molecule has 3 rings (SSSR count). The second-order valence-electron chi connectivity index (χ2n) is 6.25. The molecule has 1 aromatic heterocycles. The molecule has 0 bridgehead atoms. The second kappa shape index (κ2) is 7.08. The standard InChI is InChI=1S/C17H22N4O4/c1-3-21-9-13-12(17(21)24)6-10(16(20-13)25-2)8-18-15(23)7-11-4-5-14(22)19-11/h6,11H,3-5,7-9H2,1-2H3,(H,18,23)(H,19,22). The Morgan fingerprint density at radius 1 is 1.48 bits per heavy atom. The molecule has 3 heterocycles. The predicted octanol–water partition coefficient (Wildman–Crippen LogP) is 0.351. The van der Waals surface area contributed by atoms with E-state index in [4.69, 9.17) is 4.74 Å². The van der Waals surface area contributed by atoms with Gasteiger partial charge in [0.15, 0.2) is 0 Å². The summed E-state index contributed by atoms with van der Waals surface area (Å²) in [7, 11) is 1.52. The normalized spacial score (nSPS) is 19.0. The fraction of sp³-hybridized carbons (Fsp3) is 0.529. The summed E-state index contributed by atoms with van der Waals surface area (Å²) in [6, 6.07) is 1.64. The lowest BCUT2D eigenvalue weighted by molar-refractivity contribution is -0.121. The molecular weight excluding hydrogens is 324 g/mol. The number of aromatic nitrogens is 1. The summed E-state index contributed by atoms with van der Waals surface area (Å²) in [4.78, 5) is 41.7. The third-order valence-corrected chi connectivity index (χ3v) is 4.57. The van der Waals surface area contributed by atoms with Gasteiger partial charge in [0.25, 0.3) is 5.91 Å². The van der Waals surface area contributed by atoms with Crippen LogP contribution in [0.25, 0.3) is 0 Å². The van der Waals surface area contributed by atoms with Crippen molar-refractivity contribution in [3.8, 4) is 5.88 Å². The van der Waals surface area contributed by atoms with E-state index in [1.54, 1.807) is 11.0 Å². The molecule has 0 aliphatic carbocycles. The molecule has 2 aliphatic rings. The first-order chi connectivity index (χ1) is 12.0. The van der Waals surface area contributed by atoms with Crippen LogP contribution in [0.3, 0.4) is 0 Å². The van der Waals surface area contributed by atoms with Crippen LogP contribution >= 0.6 is 0 Å².